The summed E-state index contributed by atoms with van der Waals surface area (Å²) in [6.07, 6.45) is 2.24. The maximum Gasteiger partial charge on any atom is 0.264 e. The number of carbonyl (C=O) groups is 1. The predicted octanol–water partition coefficient (Wildman–Crippen LogP) is 5.70. The van der Waals surface area contributed by atoms with Gasteiger partial charge in [-0.3, -0.25) is 9.10 Å². The molecule has 0 fully saturated rings. The number of nitrogens with zero attached hydrogens (tertiary/aromatic N) is 1. The molecule has 6 nitrogen and oxygen atoms in total. The Morgan fingerprint density at radius 1 is 0.972 bits per heavy atom. The van der Waals surface area contributed by atoms with Crippen LogP contribution in [0.2, 0.25) is 0 Å². The smallest absolute Gasteiger partial charge is 0.264 e. The van der Waals surface area contributed by atoms with Crippen molar-refractivity contribution in [1.82, 2.24) is 5.32 Å². The second kappa shape index (κ2) is 10.3. The Kier molecular flexibility index (Phi) is 7.41. The average Bonchev–Trinajstić information content (AvgIpc) is 2.87. The summed E-state index contributed by atoms with van der Waals surface area (Å²) in [5, 5.41) is 3.12. The van der Waals surface area contributed by atoms with Crippen molar-refractivity contribution in [1.29, 1.82) is 0 Å². The minimum absolute atomic E-state index is 0.148. The molecule has 1 N–H and O–H groups in total. The fraction of sp³-hybridized carbons (Fsp3) is 0.345. The van der Waals surface area contributed by atoms with Gasteiger partial charge in [0.2, 0.25) is 5.91 Å². The fourth-order valence-electron chi connectivity index (χ4n) is 4.74. The van der Waals surface area contributed by atoms with E-state index < -0.39 is 10.0 Å². The summed E-state index contributed by atoms with van der Waals surface area (Å²) in [5.74, 6) is 0.399. The van der Waals surface area contributed by atoms with Gasteiger partial charge in [0.25, 0.3) is 10.0 Å². The first-order chi connectivity index (χ1) is 17.2. The molecule has 1 aliphatic heterocycles. The highest BCUT2D eigenvalue weighted by Gasteiger charge is 2.39. The van der Waals surface area contributed by atoms with Crippen molar-refractivity contribution in [3.63, 3.8) is 0 Å². The van der Waals surface area contributed by atoms with Gasteiger partial charge in [0.05, 0.1) is 16.6 Å². The minimum Gasteiger partial charge on any atom is -0.487 e. The van der Waals surface area contributed by atoms with Gasteiger partial charge < -0.3 is 10.1 Å². The van der Waals surface area contributed by atoms with E-state index in [1.165, 1.54) is 4.31 Å². The number of aryl methyl sites for hydroxylation is 2. The van der Waals surface area contributed by atoms with E-state index >= 15 is 0 Å². The van der Waals surface area contributed by atoms with Gasteiger partial charge in [0, 0.05) is 12.0 Å². The summed E-state index contributed by atoms with van der Waals surface area (Å²) in [6.45, 7) is 7.65. The number of anilines is 1. The average molecular weight is 507 g/mol. The molecule has 7 heteroatoms. The highest BCUT2D eigenvalue weighted by molar-refractivity contribution is 7.92. The van der Waals surface area contributed by atoms with Crippen LogP contribution < -0.4 is 14.4 Å². The lowest BCUT2D eigenvalue weighted by Crippen LogP contribution is -2.47. The lowest BCUT2D eigenvalue weighted by atomic mass is 9.83. The van der Waals surface area contributed by atoms with E-state index in [-0.39, 0.29) is 29.0 Å². The van der Waals surface area contributed by atoms with Crippen LogP contribution in [0, 0.1) is 13.8 Å². The molecule has 0 bridgehead atoms. The van der Waals surface area contributed by atoms with Crippen molar-refractivity contribution in [2.45, 2.75) is 63.5 Å². The predicted molar refractivity (Wildman–Crippen MR) is 143 cm³/mol. The molecule has 1 amide bonds. The van der Waals surface area contributed by atoms with Crippen LogP contribution in [0.15, 0.2) is 77.7 Å². The Labute approximate surface area is 214 Å². The van der Waals surface area contributed by atoms with Crippen LogP contribution in [-0.2, 0) is 14.8 Å². The van der Waals surface area contributed by atoms with Gasteiger partial charge in [-0.05, 0) is 62.6 Å². The minimum atomic E-state index is -3.97. The number of carbonyl (C=O) groups excluding carboxylic acids is 1. The highest BCUT2D eigenvalue weighted by atomic mass is 32.2. The van der Waals surface area contributed by atoms with Gasteiger partial charge in [-0.15, -0.1) is 0 Å². The summed E-state index contributed by atoms with van der Waals surface area (Å²) >= 11 is 0. The highest BCUT2D eigenvalue weighted by Crippen LogP contribution is 2.42. The zero-order valence-electron chi connectivity index (χ0n) is 21.3. The quantitative estimate of drug-likeness (QED) is 0.425. The molecule has 3 aromatic rings. The van der Waals surface area contributed by atoms with E-state index in [0.717, 1.165) is 35.3 Å². The standard InChI is InChI=1S/C29H34N2O4S/c1-5-29(6-2)19-26(25-12-7-8-13-27(25)35-29)30-28(32)20-31(23-11-9-10-22(4)18-23)36(33,34)24-16-14-21(3)15-17-24/h7-18,26H,5-6,19-20H2,1-4H3,(H,30,32). The van der Waals surface area contributed by atoms with E-state index in [4.69, 9.17) is 4.74 Å². The summed E-state index contributed by atoms with van der Waals surface area (Å²) < 4.78 is 35.0. The molecule has 0 aliphatic carbocycles. The van der Waals surface area contributed by atoms with Gasteiger partial charge in [-0.25, -0.2) is 8.42 Å². The maximum atomic E-state index is 13.7. The van der Waals surface area contributed by atoms with Crippen molar-refractivity contribution < 1.29 is 17.9 Å². The Morgan fingerprint density at radius 3 is 2.33 bits per heavy atom. The SMILES string of the molecule is CCC1(CC)CC(NC(=O)CN(c2cccc(C)c2)S(=O)(=O)c2ccc(C)cc2)c2ccccc2O1. The normalized spacial score (nSPS) is 16.5. The molecule has 0 aromatic heterocycles. The molecule has 1 atom stereocenters. The number of benzene rings is 3. The molecule has 0 spiro atoms. The first-order valence-corrected chi connectivity index (χ1v) is 13.8. The third kappa shape index (κ3) is 5.26. The van der Waals surface area contributed by atoms with E-state index in [9.17, 15) is 13.2 Å². The number of rotatable bonds is 8. The maximum absolute atomic E-state index is 13.7. The van der Waals surface area contributed by atoms with Crippen molar-refractivity contribution in [3.8, 4) is 5.75 Å². The molecule has 3 aromatic carbocycles. The van der Waals surface area contributed by atoms with Crippen LogP contribution in [0.5, 0.6) is 5.75 Å². The Morgan fingerprint density at radius 2 is 1.67 bits per heavy atom. The van der Waals surface area contributed by atoms with Crippen LogP contribution >= 0.6 is 0 Å². The second-order valence-corrected chi connectivity index (χ2v) is 11.4. The van der Waals surface area contributed by atoms with Gasteiger partial charge >= 0.3 is 0 Å². The second-order valence-electron chi connectivity index (χ2n) is 9.52. The van der Waals surface area contributed by atoms with Crippen molar-refractivity contribution >= 4 is 21.6 Å². The van der Waals surface area contributed by atoms with Crippen LogP contribution in [-0.4, -0.2) is 26.5 Å². The van der Waals surface area contributed by atoms with Gasteiger partial charge in [-0.2, -0.15) is 0 Å². The number of hydrogen-bond acceptors (Lipinski definition) is 4. The molecule has 0 radical (unpaired) electrons. The number of nitrogens with one attached hydrogen (secondary N) is 1. The molecular weight excluding hydrogens is 472 g/mol. The number of fused-ring (bicyclic) bond motifs is 1. The summed E-state index contributed by atoms with van der Waals surface area (Å²) in [7, 11) is -3.97. The van der Waals surface area contributed by atoms with Gasteiger partial charge in [0.1, 0.15) is 17.9 Å². The Balaban J connectivity index is 1.65. The zero-order chi connectivity index (χ0) is 25.9. The monoisotopic (exact) mass is 506 g/mol. The Hall–Kier alpha value is -3.32. The Bertz CT molecular complexity index is 1330. The summed E-state index contributed by atoms with van der Waals surface area (Å²) in [4.78, 5) is 13.6. The molecule has 4 rings (SSSR count). The van der Waals surface area contributed by atoms with Crippen molar-refractivity contribution in [2.75, 3.05) is 10.8 Å². The molecule has 0 saturated heterocycles. The van der Waals surface area contributed by atoms with Crippen LogP contribution in [0.4, 0.5) is 5.69 Å². The lowest BCUT2D eigenvalue weighted by molar-refractivity contribution is -0.121. The lowest BCUT2D eigenvalue weighted by Gasteiger charge is -2.41. The van der Waals surface area contributed by atoms with Gasteiger partial charge in [-0.1, -0.05) is 61.9 Å². The number of hydrogen-bond donors (Lipinski definition) is 1. The molecule has 1 aliphatic rings. The van der Waals surface area contributed by atoms with Crippen LogP contribution in [0.1, 0.15) is 55.8 Å². The third-order valence-electron chi connectivity index (χ3n) is 7.01. The molecule has 0 saturated carbocycles. The summed E-state index contributed by atoms with van der Waals surface area (Å²) in [5.41, 5.74) is 2.85. The molecule has 36 heavy (non-hydrogen) atoms. The van der Waals surface area contributed by atoms with Crippen LogP contribution in [0.3, 0.4) is 0 Å². The van der Waals surface area contributed by atoms with Gasteiger partial charge in [0.15, 0.2) is 0 Å². The molecular formula is C29H34N2O4S. The number of para-hydroxylation sites is 1. The van der Waals surface area contributed by atoms with Crippen LogP contribution in [0.25, 0.3) is 0 Å². The first-order valence-electron chi connectivity index (χ1n) is 12.4. The molecule has 1 heterocycles. The van der Waals surface area contributed by atoms with Crippen molar-refractivity contribution in [2.24, 2.45) is 0 Å². The first kappa shape index (κ1) is 25.8. The summed E-state index contributed by atoms with van der Waals surface area (Å²) in [6, 6.07) is 21.3. The van der Waals surface area contributed by atoms with E-state index in [1.54, 1.807) is 42.5 Å². The molecule has 1 unspecified atom stereocenters. The fourth-order valence-corrected chi connectivity index (χ4v) is 6.15. The van der Waals surface area contributed by atoms with E-state index in [0.29, 0.717) is 12.1 Å². The number of amides is 1. The van der Waals surface area contributed by atoms with E-state index in [1.807, 2.05) is 44.2 Å². The van der Waals surface area contributed by atoms with Crippen molar-refractivity contribution in [3.05, 3.63) is 89.5 Å². The topological polar surface area (TPSA) is 75.7 Å². The largest absolute Gasteiger partial charge is 0.487 e. The van der Waals surface area contributed by atoms with E-state index in [2.05, 4.69) is 19.2 Å². The zero-order valence-corrected chi connectivity index (χ0v) is 22.1. The third-order valence-corrected chi connectivity index (χ3v) is 8.79. The number of ether oxygens (including phenoxy) is 1. The molecule has 190 valence electrons. The number of sulfonamides is 1.